The van der Waals surface area contributed by atoms with Gasteiger partial charge in [-0.15, -0.1) is 0 Å². The number of rotatable bonds is 6. The summed E-state index contributed by atoms with van der Waals surface area (Å²) in [6.07, 6.45) is -4.43. The molecule has 0 aromatic carbocycles. The number of amides is 1. The van der Waals surface area contributed by atoms with E-state index >= 15 is 0 Å². The van der Waals surface area contributed by atoms with E-state index in [2.05, 4.69) is 4.74 Å². The second-order valence-corrected chi connectivity index (χ2v) is 3.51. The van der Waals surface area contributed by atoms with E-state index in [4.69, 9.17) is 5.11 Å². The Morgan fingerprint density at radius 3 is 2.38 bits per heavy atom. The van der Waals surface area contributed by atoms with Gasteiger partial charge in [0.15, 0.2) is 0 Å². The molecule has 0 saturated heterocycles. The average Bonchev–Trinajstić information content (AvgIpc) is 2.11. The Kier molecular flexibility index (Phi) is 6.35. The minimum atomic E-state index is -4.43. The molecule has 1 amide bonds. The zero-order valence-corrected chi connectivity index (χ0v) is 9.25. The minimum Gasteiger partial charge on any atom is -0.395 e. The van der Waals surface area contributed by atoms with Crippen LogP contribution in [0.5, 0.6) is 0 Å². The predicted molar refractivity (Wildman–Crippen MR) is 50.8 cm³/mol. The maximum atomic E-state index is 11.7. The van der Waals surface area contributed by atoms with Gasteiger partial charge in [-0.05, 0) is 13.8 Å². The number of aliphatic hydroxyl groups excluding tert-OH is 1. The molecule has 0 spiro atoms. The minimum absolute atomic E-state index is 0.0892. The Morgan fingerprint density at radius 2 is 2.00 bits per heavy atom. The van der Waals surface area contributed by atoms with Crippen molar-refractivity contribution in [2.75, 3.05) is 26.4 Å². The van der Waals surface area contributed by atoms with Crippen molar-refractivity contribution in [1.29, 1.82) is 0 Å². The second-order valence-electron chi connectivity index (χ2n) is 3.51. The Hall–Kier alpha value is -0.820. The molecule has 0 aromatic rings. The van der Waals surface area contributed by atoms with E-state index in [1.54, 1.807) is 13.8 Å². The van der Waals surface area contributed by atoms with Crippen LogP contribution in [-0.4, -0.2) is 54.5 Å². The number of halogens is 3. The summed E-state index contributed by atoms with van der Waals surface area (Å²) in [5, 5.41) is 8.67. The fourth-order valence-electron chi connectivity index (χ4n) is 1.12. The summed E-state index contributed by atoms with van der Waals surface area (Å²) in [6.45, 7) is 1.20. The van der Waals surface area contributed by atoms with Crippen LogP contribution in [0.2, 0.25) is 0 Å². The molecule has 7 heteroatoms. The van der Waals surface area contributed by atoms with E-state index in [1.807, 2.05) is 0 Å². The van der Waals surface area contributed by atoms with Crippen LogP contribution in [0.3, 0.4) is 0 Å². The van der Waals surface area contributed by atoms with Crippen LogP contribution in [0, 0.1) is 0 Å². The fourth-order valence-corrected chi connectivity index (χ4v) is 1.12. The average molecular weight is 243 g/mol. The normalized spacial score (nSPS) is 11.9. The smallest absolute Gasteiger partial charge is 0.395 e. The summed E-state index contributed by atoms with van der Waals surface area (Å²) < 4.78 is 39.4. The van der Waals surface area contributed by atoms with E-state index in [0.717, 1.165) is 0 Å². The van der Waals surface area contributed by atoms with Gasteiger partial charge in [0.1, 0.15) is 13.2 Å². The molecular formula is C9H16F3NO3. The van der Waals surface area contributed by atoms with Crippen LogP contribution in [0.4, 0.5) is 13.2 Å². The molecule has 16 heavy (non-hydrogen) atoms. The number of ether oxygens (including phenoxy) is 1. The molecule has 96 valence electrons. The van der Waals surface area contributed by atoms with Crippen molar-refractivity contribution in [3.63, 3.8) is 0 Å². The first-order valence-corrected chi connectivity index (χ1v) is 4.82. The maximum absolute atomic E-state index is 11.7. The van der Waals surface area contributed by atoms with Gasteiger partial charge in [0.25, 0.3) is 0 Å². The van der Waals surface area contributed by atoms with E-state index < -0.39 is 25.3 Å². The van der Waals surface area contributed by atoms with Gasteiger partial charge in [0, 0.05) is 12.6 Å². The quantitative estimate of drug-likeness (QED) is 0.750. The molecule has 0 aliphatic carbocycles. The molecule has 0 aromatic heterocycles. The second kappa shape index (κ2) is 6.70. The number of alkyl halides is 3. The monoisotopic (exact) mass is 243 g/mol. The van der Waals surface area contributed by atoms with E-state index in [9.17, 15) is 18.0 Å². The molecule has 0 atom stereocenters. The SMILES string of the molecule is CC(C)N(CCO)C(=O)COCC(F)(F)F. The Morgan fingerprint density at radius 1 is 1.44 bits per heavy atom. The van der Waals surface area contributed by atoms with Gasteiger partial charge in [0.2, 0.25) is 5.91 Å². The molecular weight excluding hydrogens is 227 g/mol. The maximum Gasteiger partial charge on any atom is 0.411 e. The van der Waals surface area contributed by atoms with Gasteiger partial charge >= 0.3 is 6.18 Å². The van der Waals surface area contributed by atoms with Gasteiger partial charge in [-0.2, -0.15) is 13.2 Å². The van der Waals surface area contributed by atoms with Gasteiger partial charge in [-0.25, -0.2) is 0 Å². The summed E-state index contributed by atoms with van der Waals surface area (Å²) in [5.41, 5.74) is 0. The highest BCUT2D eigenvalue weighted by atomic mass is 19.4. The third-order valence-electron chi connectivity index (χ3n) is 1.78. The van der Waals surface area contributed by atoms with Crippen LogP contribution in [0.15, 0.2) is 0 Å². The van der Waals surface area contributed by atoms with Crippen molar-refractivity contribution in [1.82, 2.24) is 4.90 Å². The highest BCUT2D eigenvalue weighted by Crippen LogP contribution is 2.14. The van der Waals surface area contributed by atoms with Crippen LogP contribution in [0.1, 0.15) is 13.8 Å². The summed E-state index contributed by atoms with van der Waals surface area (Å²) in [7, 11) is 0. The first-order chi connectivity index (χ1) is 7.28. The standard InChI is InChI=1S/C9H16F3NO3/c1-7(2)13(3-4-14)8(15)5-16-6-9(10,11)12/h7,14H,3-6H2,1-2H3. The zero-order valence-electron chi connectivity index (χ0n) is 9.25. The predicted octanol–water partition coefficient (Wildman–Crippen LogP) is 0.795. The summed E-state index contributed by atoms with van der Waals surface area (Å²) in [4.78, 5) is 12.6. The Balaban J connectivity index is 4.02. The van der Waals surface area contributed by atoms with Crippen molar-refractivity contribution in [2.45, 2.75) is 26.1 Å². The number of nitrogens with zero attached hydrogens (tertiary/aromatic N) is 1. The third kappa shape index (κ3) is 6.62. The highest BCUT2D eigenvalue weighted by molar-refractivity contribution is 5.77. The van der Waals surface area contributed by atoms with Crippen LogP contribution in [-0.2, 0) is 9.53 Å². The lowest BCUT2D eigenvalue weighted by Gasteiger charge is -2.25. The Bertz CT molecular complexity index is 219. The molecule has 0 heterocycles. The molecule has 0 rings (SSSR count). The Labute approximate surface area is 92.0 Å². The van der Waals surface area contributed by atoms with Crippen LogP contribution >= 0.6 is 0 Å². The molecule has 4 nitrogen and oxygen atoms in total. The molecule has 0 fully saturated rings. The molecule has 0 saturated carbocycles. The van der Waals surface area contributed by atoms with E-state index in [1.165, 1.54) is 4.90 Å². The highest BCUT2D eigenvalue weighted by Gasteiger charge is 2.28. The van der Waals surface area contributed by atoms with Crippen LogP contribution in [0.25, 0.3) is 0 Å². The van der Waals surface area contributed by atoms with Crippen molar-refractivity contribution in [3.05, 3.63) is 0 Å². The number of carbonyl (C=O) groups excluding carboxylic acids is 1. The first-order valence-electron chi connectivity index (χ1n) is 4.82. The number of hydrogen-bond donors (Lipinski definition) is 1. The van der Waals surface area contributed by atoms with Crippen LogP contribution < -0.4 is 0 Å². The zero-order chi connectivity index (χ0) is 12.8. The number of carbonyl (C=O) groups is 1. The molecule has 0 aliphatic heterocycles. The number of aliphatic hydroxyl groups is 1. The first kappa shape index (κ1) is 15.2. The third-order valence-corrected chi connectivity index (χ3v) is 1.78. The lowest BCUT2D eigenvalue weighted by atomic mass is 10.3. The topological polar surface area (TPSA) is 49.8 Å². The van der Waals surface area contributed by atoms with Crippen molar-refractivity contribution >= 4 is 5.91 Å². The molecule has 0 bridgehead atoms. The van der Waals surface area contributed by atoms with E-state index in [-0.39, 0.29) is 19.2 Å². The molecule has 0 radical (unpaired) electrons. The molecule has 1 N–H and O–H groups in total. The summed E-state index contributed by atoms with van der Waals surface area (Å²) in [5.74, 6) is -0.562. The van der Waals surface area contributed by atoms with Crippen molar-refractivity contribution in [2.24, 2.45) is 0 Å². The summed E-state index contributed by atoms with van der Waals surface area (Å²) in [6, 6.07) is -0.186. The summed E-state index contributed by atoms with van der Waals surface area (Å²) >= 11 is 0. The number of hydrogen-bond acceptors (Lipinski definition) is 3. The molecule has 0 unspecified atom stereocenters. The van der Waals surface area contributed by atoms with E-state index in [0.29, 0.717) is 0 Å². The fraction of sp³-hybridized carbons (Fsp3) is 0.889. The van der Waals surface area contributed by atoms with Gasteiger partial charge < -0.3 is 14.7 Å². The largest absolute Gasteiger partial charge is 0.411 e. The van der Waals surface area contributed by atoms with Crippen molar-refractivity contribution in [3.8, 4) is 0 Å². The van der Waals surface area contributed by atoms with Crippen molar-refractivity contribution < 1.29 is 27.8 Å². The molecule has 0 aliphatic rings. The van der Waals surface area contributed by atoms with Gasteiger partial charge in [0.05, 0.1) is 6.61 Å². The lowest BCUT2D eigenvalue weighted by Crippen LogP contribution is -2.41. The van der Waals surface area contributed by atoms with Gasteiger partial charge in [-0.1, -0.05) is 0 Å². The van der Waals surface area contributed by atoms with Gasteiger partial charge in [-0.3, -0.25) is 4.79 Å². The lowest BCUT2D eigenvalue weighted by molar-refractivity contribution is -0.178.